The lowest BCUT2D eigenvalue weighted by Crippen LogP contribution is -2.26. The van der Waals surface area contributed by atoms with Gasteiger partial charge in [-0.25, -0.2) is 4.79 Å². The third kappa shape index (κ3) is 3.93. The van der Waals surface area contributed by atoms with Crippen LogP contribution in [0.4, 0.5) is 11.4 Å². The number of hydrogen-bond donors (Lipinski definition) is 1. The number of rotatable bonds is 4. The van der Waals surface area contributed by atoms with Crippen LogP contribution in [0, 0.1) is 0 Å². The summed E-state index contributed by atoms with van der Waals surface area (Å²) in [5.41, 5.74) is 13.4. The molecule has 2 heterocycles. The van der Waals surface area contributed by atoms with Crippen molar-refractivity contribution in [1.82, 2.24) is 0 Å². The van der Waals surface area contributed by atoms with Crippen LogP contribution in [0.15, 0.2) is 96.6 Å². The molecule has 2 aliphatic heterocycles. The van der Waals surface area contributed by atoms with Crippen molar-refractivity contribution < 1.29 is 14.7 Å². The fraction of sp³-hybridized carbons (Fsp3) is 0.250. The summed E-state index contributed by atoms with van der Waals surface area (Å²) < 4.78 is 0. The Labute approximate surface area is 267 Å². The topological polar surface area (TPSA) is 57.6 Å². The van der Waals surface area contributed by atoms with E-state index in [9.17, 15) is 14.7 Å². The van der Waals surface area contributed by atoms with Crippen LogP contribution in [-0.4, -0.2) is 28.2 Å². The minimum absolute atomic E-state index is 0.0129. The van der Waals surface area contributed by atoms with E-state index in [1.807, 2.05) is 0 Å². The van der Waals surface area contributed by atoms with Crippen LogP contribution in [0.25, 0.3) is 16.0 Å². The number of nitrogens with zero attached hydrogens (tertiary/aromatic N) is 1. The summed E-state index contributed by atoms with van der Waals surface area (Å²) in [6.45, 7) is 4.68. The quantitative estimate of drug-likeness (QED) is 0.234. The molecule has 3 aliphatic carbocycles. The summed E-state index contributed by atoms with van der Waals surface area (Å²) in [6, 6.07) is 28.4. The highest BCUT2D eigenvalue weighted by Crippen LogP contribution is 2.56. The van der Waals surface area contributed by atoms with E-state index in [2.05, 4.69) is 91.6 Å². The number of carbonyl (C=O) groups excluding carboxylic acids is 1. The van der Waals surface area contributed by atoms with Gasteiger partial charge in [0.25, 0.3) is 0 Å². The lowest BCUT2D eigenvalue weighted by molar-refractivity contribution is 0.0696. The van der Waals surface area contributed by atoms with E-state index in [1.165, 1.54) is 75.0 Å². The number of thioether (sulfide) groups is 1. The molecule has 9 rings (SSSR count). The largest absolute Gasteiger partial charge is 0.478 e. The normalized spacial score (nSPS) is 24.1. The Morgan fingerprint density at radius 1 is 0.933 bits per heavy atom. The zero-order valence-electron chi connectivity index (χ0n) is 25.3. The predicted molar refractivity (Wildman–Crippen MR) is 182 cm³/mol. The molecule has 5 heteroatoms. The molecule has 45 heavy (non-hydrogen) atoms. The third-order valence-corrected chi connectivity index (χ3v) is 12.0. The Bertz CT molecular complexity index is 2050. The first-order valence-corrected chi connectivity index (χ1v) is 16.8. The first kappa shape index (κ1) is 27.0. The van der Waals surface area contributed by atoms with E-state index in [0.717, 1.165) is 11.1 Å². The zero-order chi connectivity index (χ0) is 30.6. The average molecular weight is 608 g/mol. The number of benzene rings is 4. The van der Waals surface area contributed by atoms with Gasteiger partial charge in [-0.3, -0.25) is 4.79 Å². The Balaban J connectivity index is 1.00. The maximum Gasteiger partial charge on any atom is 0.335 e. The number of allylic oxidation sites excluding steroid dienone is 1. The average Bonchev–Trinajstić information content (AvgIpc) is 3.75. The molecule has 0 radical (unpaired) electrons. The van der Waals surface area contributed by atoms with E-state index >= 15 is 0 Å². The maximum atomic E-state index is 13.0. The molecule has 4 aromatic rings. The number of anilines is 2. The highest BCUT2D eigenvalue weighted by molar-refractivity contribution is 8.10. The van der Waals surface area contributed by atoms with E-state index in [1.54, 1.807) is 23.9 Å². The molecule has 5 aliphatic rings. The minimum Gasteiger partial charge on any atom is -0.478 e. The number of carbonyl (C=O) groups is 2. The lowest BCUT2D eigenvalue weighted by Gasteiger charge is -2.29. The highest BCUT2D eigenvalue weighted by atomic mass is 32.2. The Kier molecular flexibility index (Phi) is 5.75. The van der Waals surface area contributed by atoms with E-state index in [0.29, 0.717) is 23.9 Å². The van der Waals surface area contributed by atoms with Crippen LogP contribution in [0.3, 0.4) is 0 Å². The van der Waals surface area contributed by atoms with Crippen molar-refractivity contribution in [3.8, 4) is 11.1 Å². The van der Waals surface area contributed by atoms with E-state index in [-0.39, 0.29) is 22.0 Å². The highest BCUT2D eigenvalue weighted by Gasteiger charge is 2.43. The van der Waals surface area contributed by atoms with Crippen LogP contribution in [0.2, 0.25) is 0 Å². The fourth-order valence-corrected chi connectivity index (χ4v) is 9.63. The van der Waals surface area contributed by atoms with Gasteiger partial charge in [-0.05, 0) is 94.3 Å². The second-order valence-electron chi connectivity index (χ2n) is 13.6. The van der Waals surface area contributed by atoms with Gasteiger partial charge >= 0.3 is 5.97 Å². The maximum absolute atomic E-state index is 13.0. The number of fused-ring (bicyclic) bond motifs is 7. The summed E-state index contributed by atoms with van der Waals surface area (Å²) in [7, 11) is 0. The number of hydrogen-bond acceptors (Lipinski definition) is 4. The van der Waals surface area contributed by atoms with Gasteiger partial charge in [0, 0.05) is 56.5 Å². The molecule has 0 aromatic heterocycles. The van der Waals surface area contributed by atoms with Gasteiger partial charge in [0.1, 0.15) is 0 Å². The Morgan fingerprint density at radius 2 is 1.76 bits per heavy atom. The van der Waals surface area contributed by atoms with Crippen molar-refractivity contribution >= 4 is 39.8 Å². The number of aromatic carboxylic acids is 1. The monoisotopic (exact) mass is 607 g/mol. The summed E-state index contributed by atoms with van der Waals surface area (Å²) in [4.78, 5) is 28.3. The second-order valence-corrected chi connectivity index (χ2v) is 14.9. The summed E-state index contributed by atoms with van der Waals surface area (Å²) in [5, 5.41) is 9.48. The fourth-order valence-electron chi connectivity index (χ4n) is 8.63. The molecule has 0 amide bonds. The molecular weight excluding hydrogens is 575 g/mol. The van der Waals surface area contributed by atoms with Crippen LogP contribution < -0.4 is 4.90 Å². The summed E-state index contributed by atoms with van der Waals surface area (Å²) in [6.07, 6.45) is 8.52. The number of ketones is 1. The lowest BCUT2D eigenvalue weighted by atomic mass is 9.82. The smallest absolute Gasteiger partial charge is 0.335 e. The van der Waals surface area contributed by atoms with Crippen molar-refractivity contribution in [2.24, 2.45) is 0 Å². The molecule has 1 N–H and O–H groups in total. The van der Waals surface area contributed by atoms with Crippen molar-refractivity contribution in [2.75, 3.05) is 4.90 Å². The number of carboxylic acid groups (broad SMARTS) is 1. The van der Waals surface area contributed by atoms with Crippen LogP contribution in [-0.2, 0) is 11.8 Å². The number of Topliss-reactive ketones (excluding diaryl/α,β-unsaturated/α-hetero) is 1. The molecule has 0 bridgehead atoms. The first-order chi connectivity index (χ1) is 21.8. The molecular formula is C40H33NO3S. The SMILES string of the molecule is CC1(C)c2ccccc2-c2cc(N3c4ccc(C5=CC(/C=C6/Cc7cc(C(=O)O)ccc7C6=O)S5)cc4C4CCCC43)ccc21. The molecule has 4 nitrogen and oxygen atoms in total. The van der Waals surface area contributed by atoms with Crippen molar-refractivity contribution in [2.45, 2.75) is 62.2 Å². The second kappa shape index (κ2) is 9.58. The first-order valence-electron chi connectivity index (χ1n) is 16.0. The molecule has 3 unspecified atom stereocenters. The summed E-state index contributed by atoms with van der Waals surface area (Å²) in [5.74, 6) is -0.396. The van der Waals surface area contributed by atoms with Crippen LogP contribution in [0.5, 0.6) is 0 Å². The Morgan fingerprint density at radius 3 is 2.60 bits per heavy atom. The van der Waals surface area contributed by atoms with Gasteiger partial charge in [-0.15, -0.1) is 11.8 Å². The Hall–Kier alpha value is -4.35. The molecule has 1 saturated carbocycles. The molecule has 3 atom stereocenters. The predicted octanol–water partition coefficient (Wildman–Crippen LogP) is 9.30. The van der Waals surface area contributed by atoms with Crippen molar-refractivity contribution in [3.05, 3.63) is 136 Å². The standard InChI is InChI=1S/C40H33NO3S/c1-40(2)33-8-4-3-6-29(33)31-20-26(12-14-34(31)40)41-35-9-5-7-30(35)32-19-22(11-15-36(32)41)37-21-27(45-37)18-25-17-24-16-23(39(43)44)10-13-28(24)38(25)42/h3-4,6,8,10-16,18-21,27,30,35H,5,7,9,17H2,1-2H3,(H,43,44)/b25-18-. The van der Waals surface area contributed by atoms with E-state index < -0.39 is 5.97 Å². The third-order valence-electron chi connectivity index (χ3n) is 10.8. The number of carboxylic acids is 1. The molecule has 1 fully saturated rings. The van der Waals surface area contributed by atoms with Gasteiger partial charge in [-0.1, -0.05) is 68.8 Å². The molecule has 0 spiro atoms. The van der Waals surface area contributed by atoms with Gasteiger partial charge < -0.3 is 10.0 Å². The van der Waals surface area contributed by atoms with Crippen molar-refractivity contribution in [3.63, 3.8) is 0 Å². The molecule has 0 saturated heterocycles. The van der Waals surface area contributed by atoms with Gasteiger partial charge in [-0.2, -0.15) is 0 Å². The zero-order valence-corrected chi connectivity index (χ0v) is 26.2. The van der Waals surface area contributed by atoms with E-state index in [4.69, 9.17) is 0 Å². The van der Waals surface area contributed by atoms with Crippen LogP contribution in [0.1, 0.15) is 87.6 Å². The summed E-state index contributed by atoms with van der Waals surface area (Å²) >= 11 is 1.80. The minimum atomic E-state index is -0.965. The van der Waals surface area contributed by atoms with Gasteiger partial charge in [0.15, 0.2) is 5.78 Å². The molecule has 222 valence electrons. The van der Waals surface area contributed by atoms with Gasteiger partial charge in [0.05, 0.1) is 5.56 Å². The van der Waals surface area contributed by atoms with Gasteiger partial charge in [0.2, 0.25) is 0 Å². The van der Waals surface area contributed by atoms with Crippen molar-refractivity contribution in [1.29, 1.82) is 0 Å². The molecule has 4 aromatic carbocycles. The van der Waals surface area contributed by atoms with Crippen LogP contribution >= 0.6 is 11.8 Å².